The zero-order valence-corrected chi connectivity index (χ0v) is 15.1. The third-order valence-electron chi connectivity index (χ3n) is 3.63. The van der Waals surface area contributed by atoms with Crippen molar-refractivity contribution < 1.29 is 24.5 Å². The molecule has 24 heavy (non-hydrogen) atoms. The number of ether oxygens (including phenoxy) is 2. The number of hydrogen-bond donors (Lipinski definition) is 2. The molecule has 0 aliphatic carbocycles. The van der Waals surface area contributed by atoms with E-state index in [9.17, 15) is 9.90 Å². The van der Waals surface area contributed by atoms with Gasteiger partial charge in [0.25, 0.3) is 0 Å². The SMILES string of the molecule is Cc1cc(Cl)ccc1OC(C)C(=O)OC(O)CCCCCCCO. The smallest absolute Gasteiger partial charge is 0.349 e. The summed E-state index contributed by atoms with van der Waals surface area (Å²) < 4.78 is 10.6. The summed E-state index contributed by atoms with van der Waals surface area (Å²) in [5.74, 6) is -0.0423. The van der Waals surface area contributed by atoms with Crippen LogP contribution in [0.4, 0.5) is 0 Å². The lowest BCUT2D eigenvalue weighted by molar-refractivity contribution is -0.176. The van der Waals surface area contributed by atoms with Crippen molar-refractivity contribution in [2.24, 2.45) is 0 Å². The highest BCUT2D eigenvalue weighted by Crippen LogP contribution is 2.23. The Bertz CT molecular complexity index is 506. The Balaban J connectivity index is 2.30. The largest absolute Gasteiger partial charge is 0.479 e. The average Bonchev–Trinajstić information content (AvgIpc) is 2.53. The van der Waals surface area contributed by atoms with E-state index in [1.165, 1.54) is 0 Å². The van der Waals surface area contributed by atoms with E-state index in [4.69, 9.17) is 26.2 Å². The van der Waals surface area contributed by atoms with E-state index in [1.54, 1.807) is 25.1 Å². The number of aryl methyl sites for hydroxylation is 1. The summed E-state index contributed by atoms with van der Waals surface area (Å²) in [6.45, 7) is 3.63. The number of halogens is 1. The van der Waals surface area contributed by atoms with Crippen LogP contribution in [0.5, 0.6) is 5.75 Å². The molecule has 5 nitrogen and oxygen atoms in total. The maximum atomic E-state index is 11.9. The lowest BCUT2D eigenvalue weighted by Crippen LogP contribution is -2.30. The van der Waals surface area contributed by atoms with Gasteiger partial charge < -0.3 is 19.7 Å². The van der Waals surface area contributed by atoms with Crippen LogP contribution in [0.3, 0.4) is 0 Å². The summed E-state index contributed by atoms with van der Waals surface area (Å²) in [6, 6.07) is 5.14. The fourth-order valence-electron chi connectivity index (χ4n) is 2.23. The lowest BCUT2D eigenvalue weighted by Gasteiger charge is -2.18. The van der Waals surface area contributed by atoms with E-state index in [0.717, 1.165) is 37.7 Å². The molecule has 0 saturated heterocycles. The van der Waals surface area contributed by atoms with Gasteiger partial charge in [-0.3, -0.25) is 0 Å². The van der Waals surface area contributed by atoms with Gasteiger partial charge in [-0.1, -0.05) is 30.9 Å². The minimum absolute atomic E-state index is 0.214. The highest BCUT2D eigenvalue weighted by Gasteiger charge is 2.20. The number of rotatable bonds is 11. The van der Waals surface area contributed by atoms with E-state index in [1.807, 2.05) is 6.92 Å². The predicted octanol–water partition coefficient (Wildman–Crippen LogP) is 3.61. The van der Waals surface area contributed by atoms with Crippen LogP contribution in [0.1, 0.15) is 51.0 Å². The first-order valence-corrected chi connectivity index (χ1v) is 8.74. The van der Waals surface area contributed by atoms with Crippen molar-refractivity contribution in [3.8, 4) is 5.75 Å². The van der Waals surface area contributed by atoms with Crippen molar-refractivity contribution in [1.82, 2.24) is 0 Å². The molecular formula is C18H27ClO5. The molecule has 6 heteroatoms. The van der Waals surface area contributed by atoms with Crippen LogP contribution in [0.15, 0.2) is 18.2 Å². The number of aliphatic hydroxyl groups excluding tert-OH is 2. The summed E-state index contributed by atoms with van der Waals surface area (Å²) in [5, 5.41) is 19.1. The van der Waals surface area contributed by atoms with Gasteiger partial charge >= 0.3 is 5.97 Å². The molecule has 1 rings (SSSR count). The molecule has 0 fully saturated rings. The van der Waals surface area contributed by atoms with Gasteiger partial charge in [0.1, 0.15) is 5.75 Å². The minimum Gasteiger partial charge on any atom is -0.479 e. The summed E-state index contributed by atoms with van der Waals surface area (Å²) in [4.78, 5) is 11.9. The van der Waals surface area contributed by atoms with Crippen LogP contribution in [0, 0.1) is 6.92 Å². The van der Waals surface area contributed by atoms with Gasteiger partial charge in [-0.25, -0.2) is 4.79 Å². The summed E-state index contributed by atoms with van der Waals surface area (Å²) in [7, 11) is 0. The second-order valence-electron chi connectivity index (χ2n) is 5.84. The van der Waals surface area contributed by atoms with Crippen LogP contribution in [-0.4, -0.2) is 35.2 Å². The molecule has 0 bridgehead atoms. The maximum Gasteiger partial charge on any atom is 0.349 e. The molecule has 0 radical (unpaired) electrons. The van der Waals surface area contributed by atoms with Crippen molar-refractivity contribution in [1.29, 1.82) is 0 Å². The van der Waals surface area contributed by atoms with Gasteiger partial charge in [0.15, 0.2) is 6.10 Å². The van der Waals surface area contributed by atoms with Crippen LogP contribution in [0.2, 0.25) is 5.02 Å². The molecule has 0 saturated carbocycles. The molecule has 2 unspecified atom stereocenters. The van der Waals surface area contributed by atoms with Gasteiger partial charge in [0, 0.05) is 18.1 Å². The normalized spacial score (nSPS) is 13.4. The van der Waals surface area contributed by atoms with E-state index < -0.39 is 18.4 Å². The molecule has 0 aromatic heterocycles. The number of carbonyl (C=O) groups excluding carboxylic acids is 1. The molecule has 0 aliphatic heterocycles. The third kappa shape index (κ3) is 7.99. The Morgan fingerprint density at radius 3 is 2.54 bits per heavy atom. The Hall–Kier alpha value is -1.30. The highest BCUT2D eigenvalue weighted by atomic mass is 35.5. The van der Waals surface area contributed by atoms with Crippen LogP contribution >= 0.6 is 11.6 Å². The first kappa shape index (κ1) is 20.7. The van der Waals surface area contributed by atoms with Crippen molar-refractivity contribution in [3.05, 3.63) is 28.8 Å². The predicted molar refractivity (Wildman–Crippen MR) is 93.2 cm³/mol. The van der Waals surface area contributed by atoms with E-state index >= 15 is 0 Å². The van der Waals surface area contributed by atoms with Gasteiger partial charge in [0.2, 0.25) is 6.29 Å². The molecule has 2 atom stereocenters. The fraction of sp³-hybridized carbons (Fsp3) is 0.611. The van der Waals surface area contributed by atoms with E-state index in [2.05, 4.69) is 0 Å². The summed E-state index contributed by atoms with van der Waals surface area (Å²) in [5.41, 5.74) is 0.825. The molecule has 1 aromatic rings. The first-order valence-electron chi connectivity index (χ1n) is 8.36. The molecular weight excluding hydrogens is 332 g/mol. The topological polar surface area (TPSA) is 76.0 Å². The molecule has 136 valence electrons. The Morgan fingerprint density at radius 2 is 1.88 bits per heavy atom. The number of carbonyl (C=O) groups is 1. The molecule has 2 N–H and O–H groups in total. The molecule has 0 spiro atoms. The van der Waals surface area contributed by atoms with E-state index in [0.29, 0.717) is 17.2 Å². The maximum absolute atomic E-state index is 11.9. The number of esters is 1. The highest BCUT2D eigenvalue weighted by molar-refractivity contribution is 6.30. The van der Waals surface area contributed by atoms with Gasteiger partial charge in [-0.05, 0) is 50.5 Å². The standard InChI is InChI=1S/C18H27ClO5/c1-13-12-15(19)9-10-16(13)23-14(2)18(22)24-17(21)8-6-4-3-5-7-11-20/h9-10,12,14,17,20-21H,3-8,11H2,1-2H3. The van der Waals surface area contributed by atoms with Crippen molar-refractivity contribution in [2.45, 2.75) is 64.8 Å². The minimum atomic E-state index is -1.12. The molecule has 0 aliphatic rings. The fourth-order valence-corrected chi connectivity index (χ4v) is 2.46. The van der Waals surface area contributed by atoms with Gasteiger partial charge in [-0.15, -0.1) is 0 Å². The van der Waals surface area contributed by atoms with Crippen LogP contribution in [0.25, 0.3) is 0 Å². The molecule has 0 amide bonds. The average molecular weight is 359 g/mol. The molecule has 1 aromatic carbocycles. The summed E-state index contributed by atoms with van der Waals surface area (Å²) in [6.07, 6.45) is 2.94. The second kappa shape index (κ2) is 11.3. The Labute approximate surface area is 148 Å². The number of aliphatic hydroxyl groups is 2. The van der Waals surface area contributed by atoms with Crippen LogP contribution in [-0.2, 0) is 9.53 Å². The van der Waals surface area contributed by atoms with Crippen molar-refractivity contribution in [2.75, 3.05) is 6.61 Å². The zero-order chi connectivity index (χ0) is 17.9. The summed E-state index contributed by atoms with van der Waals surface area (Å²) >= 11 is 5.88. The quantitative estimate of drug-likeness (QED) is 0.359. The Morgan fingerprint density at radius 1 is 1.21 bits per heavy atom. The zero-order valence-electron chi connectivity index (χ0n) is 14.3. The van der Waals surface area contributed by atoms with Gasteiger partial charge in [0.05, 0.1) is 0 Å². The van der Waals surface area contributed by atoms with Crippen molar-refractivity contribution >= 4 is 17.6 Å². The number of hydrogen-bond acceptors (Lipinski definition) is 5. The first-order chi connectivity index (χ1) is 11.4. The molecule has 0 heterocycles. The second-order valence-corrected chi connectivity index (χ2v) is 6.28. The van der Waals surface area contributed by atoms with Crippen molar-refractivity contribution in [3.63, 3.8) is 0 Å². The van der Waals surface area contributed by atoms with Gasteiger partial charge in [-0.2, -0.15) is 0 Å². The van der Waals surface area contributed by atoms with Crippen LogP contribution < -0.4 is 4.74 Å². The van der Waals surface area contributed by atoms with E-state index in [-0.39, 0.29) is 6.61 Å². The number of unbranched alkanes of at least 4 members (excludes halogenated alkanes) is 4. The Kier molecular flexibility index (Phi) is 9.76. The number of benzene rings is 1. The monoisotopic (exact) mass is 358 g/mol. The lowest BCUT2D eigenvalue weighted by atomic mass is 10.1. The third-order valence-corrected chi connectivity index (χ3v) is 3.87.